The molecule has 0 atom stereocenters. The number of amides is 2. The first kappa shape index (κ1) is 19.9. The Balaban J connectivity index is 2.06. The second-order valence-electron chi connectivity index (χ2n) is 6.31. The highest BCUT2D eigenvalue weighted by Gasteiger charge is 2.16. The van der Waals surface area contributed by atoms with Crippen molar-refractivity contribution in [3.63, 3.8) is 0 Å². The van der Waals surface area contributed by atoms with Gasteiger partial charge in [0.15, 0.2) is 0 Å². The molecular weight excluding hydrogens is 355 g/mol. The topological polar surface area (TPSA) is 49.4 Å². The molecule has 6 heteroatoms. The summed E-state index contributed by atoms with van der Waals surface area (Å²) in [5.74, 6) is -0.718. The molecule has 0 radical (unpaired) electrons. The second-order valence-corrected chi connectivity index (χ2v) is 6.72. The molecule has 2 amide bonds. The summed E-state index contributed by atoms with van der Waals surface area (Å²) in [6.45, 7) is 5.68. The Morgan fingerprint density at radius 2 is 1.88 bits per heavy atom. The number of anilines is 2. The number of rotatable bonds is 6. The van der Waals surface area contributed by atoms with Gasteiger partial charge in [0.1, 0.15) is 5.82 Å². The van der Waals surface area contributed by atoms with Crippen LogP contribution in [0.5, 0.6) is 0 Å². The van der Waals surface area contributed by atoms with E-state index in [1.165, 1.54) is 30.0 Å². The van der Waals surface area contributed by atoms with Crippen LogP contribution in [0.15, 0.2) is 42.5 Å². The fraction of sp³-hybridized carbons (Fsp3) is 0.300. The molecule has 0 spiro atoms. The number of hydrogen-bond acceptors (Lipinski definition) is 2. The van der Waals surface area contributed by atoms with Crippen molar-refractivity contribution >= 4 is 34.8 Å². The summed E-state index contributed by atoms with van der Waals surface area (Å²) in [7, 11) is 0. The fourth-order valence-electron chi connectivity index (χ4n) is 2.66. The Kier molecular flexibility index (Phi) is 6.75. The van der Waals surface area contributed by atoms with E-state index in [0.717, 1.165) is 11.3 Å². The minimum atomic E-state index is -0.554. The Bertz CT molecular complexity index is 808. The zero-order chi connectivity index (χ0) is 19.3. The highest BCUT2D eigenvalue weighted by molar-refractivity contribution is 6.31. The third-order valence-electron chi connectivity index (χ3n) is 4.01. The van der Waals surface area contributed by atoms with Crippen LogP contribution in [0.25, 0.3) is 0 Å². The molecule has 0 aliphatic carbocycles. The van der Waals surface area contributed by atoms with Crippen LogP contribution in [0.3, 0.4) is 0 Å². The molecule has 0 heterocycles. The van der Waals surface area contributed by atoms with Gasteiger partial charge in [0.2, 0.25) is 11.8 Å². The van der Waals surface area contributed by atoms with Gasteiger partial charge in [-0.05, 0) is 35.7 Å². The van der Waals surface area contributed by atoms with Crippen LogP contribution in [-0.2, 0) is 9.59 Å². The van der Waals surface area contributed by atoms with Crippen molar-refractivity contribution in [3.05, 3.63) is 58.9 Å². The standard InChI is InChI=1S/C20H22ClFN2O2/c1-13(2)16-6-4-5-7-19(16)23-20(26)10-11-24(14(3)25)15-8-9-18(22)17(21)12-15/h4-9,12-13H,10-11H2,1-3H3,(H,23,26). The second kappa shape index (κ2) is 8.81. The lowest BCUT2D eigenvalue weighted by Crippen LogP contribution is -2.32. The lowest BCUT2D eigenvalue weighted by atomic mass is 10.0. The monoisotopic (exact) mass is 376 g/mol. The van der Waals surface area contributed by atoms with E-state index in [0.29, 0.717) is 5.69 Å². The number of halogens is 2. The molecule has 0 aliphatic heterocycles. The lowest BCUT2D eigenvalue weighted by Gasteiger charge is -2.21. The van der Waals surface area contributed by atoms with Crippen LogP contribution in [0.2, 0.25) is 5.02 Å². The molecule has 0 aliphatic rings. The molecule has 0 unspecified atom stereocenters. The summed E-state index contributed by atoms with van der Waals surface area (Å²) < 4.78 is 13.3. The van der Waals surface area contributed by atoms with Crippen LogP contribution < -0.4 is 10.2 Å². The molecule has 2 aromatic carbocycles. The normalized spacial score (nSPS) is 10.7. The summed E-state index contributed by atoms with van der Waals surface area (Å²) in [6.07, 6.45) is 0.112. The Morgan fingerprint density at radius 1 is 1.19 bits per heavy atom. The molecule has 4 nitrogen and oxygen atoms in total. The molecule has 138 valence electrons. The van der Waals surface area contributed by atoms with Crippen molar-refractivity contribution in [1.82, 2.24) is 0 Å². The maximum Gasteiger partial charge on any atom is 0.226 e. The van der Waals surface area contributed by atoms with E-state index >= 15 is 0 Å². The number of carbonyl (C=O) groups is 2. The van der Waals surface area contributed by atoms with E-state index in [2.05, 4.69) is 19.2 Å². The maximum absolute atomic E-state index is 13.3. The number of benzene rings is 2. The van der Waals surface area contributed by atoms with Crippen molar-refractivity contribution in [2.75, 3.05) is 16.8 Å². The summed E-state index contributed by atoms with van der Waals surface area (Å²) in [5, 5.41) is 2.83. The third-order valence-corrected chi connectivity index (χ3v) is 4.30. The fourth-order valence-corrected chi connectivity index (χ4v) is 2.84. The molecule has 26 heavy (non-hydrogen) atoms. The summed E-state index contributed by atoms with van der Waals surface area (Å²) in [4.78, 5) is 25.6. The first-order valence-corrected chi connectivity index (χ1v) is 8.79. The van der Waals surface area contributed by atoms with Gasteiger partial charge in [0.25, 0.3) is 0 Å². The number of para-hydroxylation sites is 1. The molecule has 0 saturated carbocycles. The molecule has 2 rings (SSSR count). The average Bonchev–Trinajstić information content (AvgIpc) is 2.58. The van der Waals surface area contributed by atoms with Crippen molar-refractivity contribution in [3.8, 4) is 0 Å². The maximum atomic E-state index is 13.3. The van der Waals surface area contributed by atoms with E-state index in [1.54, 1.807) is 0 Å². The number of nitrogens with zero attached hydrogens (tertiary/aromatic N) is 1. The molecule has 0 bridgehead atoms. The van der Waals surface area contributed by atoms with Gasteiger partial charge < -0.3 is 10.2 Å². The molecular formula is C20H22ClFN2O2. The number of hydrogen-bond donors (Lipinski definition) is 1. The first-order valence-electron chi connectivity index (χ1n) is 8.41. The van der Waals surface area contributed by atoms with Crippen molar-refractivity contribution in [1.29, 1.82) is 0 Å². The molecule has 2 aromatic rings. The minimum Gasteiger partial charge on any atom is -0.326 e. The van der Waals surface area contributed by atoms with Crippen molar-refractivity contribution in [2.24, 2.45) is 0 Å². The summed E-state index contributed by atoms with van der Waals surface area (Å²) >= 11 is 5.79. The van der Waals surface area contributed by atoms with Gasteiger partial charge in [-0.2, -0.15) is 0 Å². The van der Waals surface area contributed by atoms with Crippen LogP contribution in [0, 0.1) is 5.82 Å². The van der Waals surface area contributed by atoms with Crippen molar-refractivity contribution in [2.45, 2.75) is 33.1 Å². The van der Waals surface area contributed by atoms with Crippen molar-refractivity contribution < 1.29 is 14.0 Å². The van der Waals surface area contributed by atoms with Gasteiger partial charge in [0, 0.05) is 31.3 Å². The largest absolute Gasteiger partial charge is 0.326 e. The minimum absolute atomic E-state index is 0.0657. The van der Waals surface area contributed by atoms with Crippen LogP contribution in [-0.4, -0.2) is 18.4 Å². The average molecular weight is 377 g/mol. The number of nitrogens with one attached hydrogen (secondary N) is 1. The predicted molar refractivity (Wildman–Crippen MR) is 103 cm³/mol. The zero-order valence-corrected chi connectivity index (χ0v) is 15.8. The quantitative estimate of drug-likeness (QED) is 0.772. The van der Waals surface area contributed by atoms with Crippen LogP contribution >= 0.6 is 11.6 Å². The van der Waals surface area contributed by atoms with E-state index in [1.807, 2.05) is 24.3 Å². The van der Waals surface area contributed by atoms with Gasteiger partial charge in [0.05, 0.1) is 5.02 Å². The van der Waals surface area contributed by atoms with Gasteiger partial charge in [-0.15, -0.1) is 0 Å². The van der Waals surface area contributed by atoms with Crippen LogP contribution in [0.4, 0.5) is 15.8 Å². The molecule has 1 N–H and O–H groups in total. The predicted octanol–water partition coefficient (Wildman–Crippen LogP) is 4.98. The molecule has 0 aromatic heterocycles. The van der Waals surface area contributed by atoms with Gasteiger partial charge in [-0.1, -0.05) is 43.6 Å². The SMILES string of the molecule is CC(=O)N(CCC(=O)Nc1ccccc1C(C)C)c1ccc(F)c(Cl)c1. The van der Waals surface area contributed by atoms with E-state index in [-0.39, 0.29) is 35.7 Å². The smallest absolute Gasteiger partial charge is 0.226 e. The van der Waals surface area contributed by atoms with E-state index < -0.39 is 5.82 Å². The Morgan fingerprint density at radius 3 is 2.50 bits per heavy atom. The first-order chi connectivity index (χ1) is 12.3. The summed E-state index contributed by atoms with van der Waals surface area (Å²) in [5.41, 5.74) is 2.28. The Labute approximate surface area is 158 Å². The van der Waals surface area contributed by atoms with E-state index in [4.69, 9.17) is 11.6 Å². The molecule has 0 saturated heterocycles. The zero-order valence-electron chi connectivity index (χ0n) is 15.1. The van der Waals surface area contributed by atoms with Gasteiger partial charge in [-0.3, -0.25) is 9.59 Å². The highest BCUT2D eigenvalue weighted by Crippen LogP contribution is 2.25. The third kappa shape index (κ3) is 5.05. The Hall–Kier alpha value is -2.40. The van der Waals surface area contributed by atoms with E-state index in [9.17, 15) is 14.0 Å². The van der Waals surface area contributed by atoms with Gasteiger partial charge in [-0.25, -0.2) is 4.39 Å². The van der Waals surface area contributed by atoms with Gasteiger partial charge >= 0.3 is 0 Å². The van der Waals surface area contributed by atoms with Crippen LogP contribution in [0.1, 0.15) is 38.7 Å². The highest BCUT2D eigenvalue weighted by atomic mass is 35.5. The summed E-state index contributed by atoms with van der Waals surface area (Å²) in [6, 6.07) is 11.7. The lowest BCUT2D eigenvalue weighted by molar-refractivity contribution is -0.117. The molecule has 0 fully saturated rings. The number of carbonyl (C=O) groups excluding carboxylic acids is 2.